The topological polar surface area (TPSA) is 51.6 Å². The van der Waals surface area contributed by atoms with E-state index in [-0.39, 0.29) is 0 Å². The van der Waals surface area contributed by atoms with Crippen molar-refractivity contribution in [3.8, 4) is 0 Å². The molecule has 2 aromatic heterocycles. The average molecular weight is 317 g/mol. The van der Waals surface area contributed by atoms with Gasteiger partial charge in [0.25, 0.3) is 0 Å². The van der Waals surface area contributed by atoms with Gasteiger partial charge in [0.05, 0.1) is 0 Å². The molecular weight excluding hydrogens is 308 g/mol. The number of hydrogen-bond acceptors (Lipinski definition) is 7. The van der Waals surface area contributed by atoms with E-state index in [0.29, 0.717) is 11.1 Å². The summed E-state index contributed by atoms with van der Waals surface area (Å²) in [6.07, 6.45) is 4.32. The maximum atomic E-state index is 6.02. The van der Waals surface area contributed by atoms with Crippen molar-refractivity contribution in [3.05, 3.63) is 17.0 Å². The summed E-state index contributed by atoms with van der Waals surface area (Å²) in [7, 11) is 0. The third-order valence-electron chi connectivity index (χ3n) is 2.39. The molecule has 3 rings (SSSR count). The molecule has 0 bridgehead atoms. The summed E-state index contributed by atoms with van der Waals surface area (Å²) in [5.41, 5.74) is 0. The molecule has 0 spiro atoms. The molecule has 0 amide bonds. The molecule has 94 valence electrons. The summed E-state index contributed by atoms with van der Waals surface area (Å²) in [6.45, 7) is 0. The van der Waals surface area contributed by atoms with E-state index in [1.807, 2.05) is 6.26 Å². The smallest absolute Gasteiger partial charge is 0.181 e. The Bertz CT molecular complexity index is 570. The second-order valence-corrected chi connectivity index (χ2v) is 7.49. The zero-order chi connectivity index (χ0) is 12.5. The summed E-state index contributed by atoms with van der Waals surface area (Å²) in [6, 6.07) is 1.78. The van der Waals surface area contributed by atoms with E-state index in [9.17, 15) is 0 Å². The Hall–Kier alpha value is -0.370. The van der Waals surface area contributed by atoms with Crippen LogP contribution >= 0.6 is 46.5 Å². The molecule has 0 N–H and O–H groups in total. The fraction of sp³-hybridized carbons (Fsp3) is 0.400. The lowest BCUT2D eigenvalue weighted by atomic mass is 10.4. The fourth-order valence-electron chi connectivity index (χ4n) is 1.40. The molecule has 1 saturated carbocycles. The first-order valence-corrected chi connectivity index (χ1v) is 8.58. The molecule has 8 heteroatoms. The average Bonchev–Trinajstić information content (AvgIpc) is 3.10. The van der Waals surface area contributed by atoms with Gasteiger partial charge in [0.1, 0.15) is 16.0 Å². The van der Waals surface area contributed by atoms with E-state index in [4.69, 9.17) is 11.6 Å². The van der Waals surface area contributed by atoms with Crippen molar-refractivity contribution in [3.63, 3.8) is 0 Å². The second kappa shape index (κ2) is 5.32. The maximum absolute atomic E-state index is 6.02. The molecule has 0 aromatic carbocycles. The minimum absolute atomic E-state index is 0.499. The Balaban J connectivity index is 1.82. The molecule has 2 heterocycles. The van der Waals surface area contributed by atoms with E-state index in [1.165, 1.54) is 24.6 Å². The molecule has 0 saturated heterocycles. The van der Waals surface area contributed by atoms with Gasteiger partial charge in [0.15, 0.2) is 8.68 Å². The number of hydrogen-bond donors (Lipinski definition) is 0. The summed E-state index contributed by atoms with van der Waals surface area (Å²) >= 11 is 10.7. The molecule has 18 heavy (non-hydrogen) atoms. The monoisotopic (exact) mass is 316 g/mol. The van der Waals surface area contributed by atoms with Gasteiger partial charge in [-0.15, -0.1) is 10.2 Å². The Labute approximate surface area is 122 Å². The van der Waals surface area contributed by atoms with Crippen LogP contribution in [0.2, 0.25) is 5.15 Å². The largest absolute Gasteiger partial charge is 0.226 e. The first-order chi connectivity index (χ1) is 8.74. The molecule has 0 radical (unpaired) electrons. The maximum Gasteiger partial charge on any atom is 0.181 e. The highest BCUT2D eigenvalue weighted by atomic mass is 35.5. The lowest BCUT2D eigenvalue weighted by Crippen LogP contribution is -1.94. The molecule has 0 aliphatic heterocycles. The van der Waals surface area contributed by atoms with E-state index < -0.39 is 0 Å². The van der Waals surface area contributed by atoms with Gasteiger partial charge >= 0.3 is 0 Å². The van der Waals surface area contributed by atoms with Crippen LogP contribution in [0, 0.1) is 0 Å². The van der Waals surface area contributed by atoms with Crippen molar-refractivity contribution in [2.75, 3.05) is 6.26 Å². The van der Waals surface area contributed by atoms with Crippen LogP contribution in [0.25, 0.3) is 0 Å². The van der Waals surface area contributed by atoms with Gasteiger partial charge in [0.2, 0.25) is 0 Å². The number of rotatable bonds is 4. The van der Waals surface area contributed by atoms with Crippen LogP contribution in [0.15, 0.2) is 19.8 Å². The molecule has 4 nitrogen and oxygen atoms in total. The minimum Gasteiger partial charge on any atom is -0.226 e. The number of nitrogens with zero attached hydrogens (tertiary/aromatic N) is 4. The summed E-state index contributed by atoms with van der Waals surface area (Å²) < 4.78 is 1.84. The van der Waals surface area contributed by atoms with E-state index in [2.05, 4.69) is 20.2 Å². The van der Waals surface area contributed by atoms with Crippen LogP contribution < -0.4 is 0 Å². The molecular formula is C10H9ClN4S3. The van der Waals surface area contributed by atoms with E-state index in [1.54, 1.807) is 29.2 Å². The Kier molecular flexibility index (Phi) is 3.74. The van der Waals surface area contributed by atoms with Crippen LogP contribution in [0.4, 0.5) is 0 Å². The standard InChI is InChI=1S/C10H9ClN4S3/c1-16-9-14-15-10(18-9)17-7-4-6(11)12-8(13-7)5-2-3-5/h4-5H,2-3H2,1H3. The van der Waals surface area contributed by atoms with Gasteiger partial charge < -0.3 is 0 Å². The summed E-state index contributed by atoms with van der Waals surface area (Å²) in [4.78, 5) is 8.79. The van der Waals surface area contributed by atoms with Gasteiger partial charge in [-0.1, -0.05) is 34.7 Å². The molecule has 0 unspecified atom stereocenters. The number of aromatic nitrogens is 4. The van der Waals surface area contributed by atoms with Crippen LogP contribution in [0.1, 0.15) is 24.6 Å². The summed E-state index contributed by atoms with van der Waals surface area (Å²) in [5, 5.41) is 9.52. The van der Waals surface area contributed by atoms with Gasteiger partial charge in [0, 0.05) is 12.0 Å². The zero-order valence-electron chi connectivity index (χ0n) is 9.46. The first kappa shape index (κ1) is 12.7. The Morgan fingerprint density at radius 2 is 2.06 bits per heavy atom. The molecule has 0 atom stereocenters. The molecule has 2 aromatic rings. The quantitative estimate of drug-likeness (QED) is 0.633. The van der Waals surface area contributed by atoms with Crippen LogP contribution in [-0.2, 0) is 0 Å². The van der Waals surface area contributed by atoms with Crippen molar-refractivity contribution >= 4 is 46.5 Å². The van der Waals surface area contributed by atoms with Gasteiger partial charge in [-0.05, 0) is 30.9 Å². The van der Waals surface area contributed by atoms with Crippen molar-refractivity contribution < 1.29 is 0 Å². The van der Waals surface area contributed by atoms with E-state index in [0.717, 1.165) is 19.5 Å². The Morgan fingerprint density at radius 3 is 2.72 bits per heavy atom. The van der Waals surface area contributed by atoms with Crippen molar-refractivity contribution in [1.82, 2.24) is 20.2 Å². The van der Waals surface area contributed by atoms with Crippen molar-refractivity contribution in [2.45, 2.75) is 32.5 Å². The van der Waals surface area contributed by atoms with E-state index >= 15 is 0 Å². The fourth-order valence-corrected chi connectivity index (χ4v) is 4.05. The lowest BCUT2D eigenvalue weighted by molar-refractivity contribution is 0.876. The van der Waals surface area contributed by atoms with Crippen LogP contribution in [-0.4, -0.2) is 26.4 Å². The molecule has 1 fully saturated rings. The number of halogens is 1. The highest BCUT2D eigenvalue weighted by Gasteiger charge is 2.27. The van der Waals surface area contributed by atoms with Crippen LogP contribution in [0.3, 0.4) is 0 Å². The van der Waals surface area contributed by atoms with Gasteiger partial charge in [-0.25, -0.2) is 9.97 Å². The van der Waals surface area contributed by atoms with Gasteiger partial charge in [-0.2, -0.15) is 0 Å². The van der Waals surface area contributed by atoms with Crippen molar-refractivity contribution in [1.29, 1.82) is 0 Å². The summed E-state index contributed by atoms with van der Waals surface area (Å²) in [5.74, 6) is 1.36. The number of thioether (sulfide) groups is 1. The zero-order valence-corrected chi connectivity index (χ0v) is 12.7. The third kappa shape index (κ3) is 2.96. The highest BCUT2D eigenvalue weighted by Crippen LogP contribution is 2.40. The Morgan fingerprint density at radius 1 is 1.28 bits per heavy atom. The normalized spacial score (nSPS) is 15.0. The lowest BCUT2D eigenvalue weighted by Gasteiger charge is -2.01. The van der Waals surface area contributed by atoms with Gasteiger partial charge in [-0.3, -0.25) is 0 Å². The van der Waals surface area contributed by atoms with Crippen molar-refractivity contribution in [2.24, 2.45) is 0 Å². The highest BCUT2D eigenvalue weighted by molar-refractivity contribution is 8.02. The predicted molar refractivity (Wildman–Crippen MR) is 74.8 cm³/mol. The van der Waals surface area contributed by atoms with Crippen LogP contribution in [0.5, 0.6) is 0 Å². The minimum atomic E-state index is 0.499. The molecule has 1 aliphatic rings. The first-order valence-electron chi connectivity index (χ1n) is 5.34. The third-order valence-corrected chi connectivity index (χ3v) is 5.45. The predicted octanol–water partition coefficient (Wildman–Crippen LogP) is 3.73. The second-order valence-electron chi connectivity index (χ2n) is 3.80. The SMILES string of the molecule is CSc1nnc(Sc2cc(Cl)nc(C3CC3)n2)s1. The molecule has 1 aliphatic carbocycles.